The second-order valence-corrected chi connectivity index (χ2v) is 7.44. The van der Waals surface area contributed by atoms with E-state index >= 15 is 0 Å². The Morgan fingerprint density at radius 2 is 2.19 bits per heavy atom. The van der Waals surface area contributed by atoms with E-state index in [9.17, 15) is 0 Å². The number of guanidine groups is 1. The Morgan fingerprint density at radius 1 is 1.35 bits per heavy atom. The summed E-state index contributed by atoms with van der Waals surface area (Å²) in [6.07, 6.45) is 11.5. The number of thioether (sulfide) groups is 1. The van der Waals surface area contributed by atoms with Crippen molar-refractivity contribution in [3.05, 3.63) is 42.1 Å². The number of nitrogens with zero attached hydrogens (tertiary/aromatic N) is 4. The molecule has 0 amide bonds. The first-order chi connectivity index (χ1) is 12.2. The van der Waals surface area contributed by atoms with E-state index in [4.69, 9.17) is 0 Å². The van der Waals surface area contributed by atoms with Crippen LogP contribution in [0.4, 0.5) is 0 Å². The summed E-state index contributed by atoms with van der Waals surface area (Å²) in [4.78, 5) is 13.1. The molecule has 142 valence electrons. The highest BCUT2D eigenvalue weighted by molar-refractivity contribution is 14.0. The van der Waals surface area contributed by atoms with Crippen molar-refractivity contribution in [2.24, 2.45) is 4.99 Å². The lowest BCUT2D eigenvalue weighted by Crippen LogP contribution is -2.42. The van der Waals surface area contributed by atoms with Crippen LogP contribution in [0.3, 0.4) is 0 Å². The van der Waals surface area contributed by atoms with Crippen LogP contribution >= 0.6 is 35.7 Å². The molecule has 2 unspecified atom stereocenters. The van der Waals surface area contributed by atoms with Crippen LogP contribution in [0.25, 0.3) is 5.82 Å². The number of rotatable bonds is 5. The number of hydrogen-bond acceptors (Lipinski definition) is 4. The summed E-state index contributed by atoms with van der Waals surface area (Å²) in [5.74, 6) is 2.68. The molecule has 1 saturated carbocycles. The summed E-state index contributed by atoms with van der Waals surface area (Å²) in [5, 5.41) is 7.69. The van der Waals surface area contributed by atoms with Crippen LogP contribution in [0.5, 0.6) is 0 Å². The van der Waals surface area contributed by atoms with Gasteiger partial charge in [-0.25, -0.2) is 9.97 Å². The fourth-order valence-corrected chi connectivity index (χ4v) is 3.94. The van der Waals surface area contributed by atoms with Gasteiger partial charge in [0.15, 0.2) is 5.96 Å². The Hall–Kier alpha value is -1.29. The molecule has 6 nitrogen and oxygen atoms in total. The third kappa shape index (κ3) is 5.35. The Bertz CT molecular complexity index is 715. The summed E-state index contributed by atoms with van der Waals surface area (Å²) >= 11 is 1.97. The van der Waals surface area contributed by atoms with Crippen molar-refractivity contribution in [3.8, 4) is 5.82 Å². The van der Waals surface area contributed by atoms with Crippen molar-refractivity contribution >= 4 is 41.7 Å². The van der Waals surface area contributed by atoms with Crippen molar-refractivity contribution in [2.45, 2.75) is 44.0 Å². The average molecular weight is 486 g/mol. The van der Waals surface area contributed by atoms with Gasteiger partial charge < -0.3 is 10.6 Å². The molecule has 2 N–H and O–H groups in total. The first-order valence-corrected chi connectivity index (χ1v) is 9.93. The summed E-state index contributed by atoms with van der Waals surface area (Å²) in [7, 11) is 1.82. The third-order valence-corrected chi connectivity index (χ3v) is 5.72. The van der Waals surface area contributed by atoms with Gasteiger partial charge in [0.05, 0.1) is 0 Å². The van der Waals surface area contributed by atoms with Crippen LogP contribution in [0.1, 0.15) is 30.7 Å². The molecule has 0 aromatic carbocycles. The van der Waals surface area contributed by atoms with Crippen molar-refractivity contribution in [3.63, 3.8) is 0 Å². The third-order valence-electron chi connectivity index (χ3n) is 4.62. The minimum Gasteiger partial charge on any atom is -0.354 e. The zero-order chi connectivity index (χ0) is 17.6. The molecule has 2 heterocycles. The summed E-state index contributed by atoms with van der Waals surface area (Å²) in [6, 6.07) is 4.62. The van der Waals surface area contributed by atoms with Gasteiger partial charge in [0.2, 0.25) is 0 Å². The number of aryl methyl sites for hydroxylation is 1. The molecule has 0 aliphatic heterocycles. The largest absolute Gasteiger partial charge is 0.354 e. The molecule has 1 fully saturated rings. The Kier molecular flexibility index (Phi) is 8.20. The molecule has 0 bridgehead atoms. The summed E-state index contributed by atoms with van der Waals surface area (Å²) < 4.78 is 1.97. The standard InChI is InChI=1S/C18H26N6S.HI/c1-13-20-8-9-24(13)17-7-4-14(11-21-17)12-22-18(19-2)23-15-5-6-16(10-15)25-3;/h4,7-9,11,15-16H,5-6,10,12H2,1-3H3,(H2,19,22,23);1H. The number of nitrogens with one attached hydrogen (secondary N) is 2. The second kappa shape index (κ2) is 10.1. The summed E-state index contributed by atoms with van der Waals surface area (Å²) in [5.41, 5.74) is 1.12. The molecule has 0 spiro atoms. The van der Waals surface area contributed by atoms with Crippen LogP contribution in [0.15, 0.2) is 35.7 Å². The molecule has 3 rings (SSSR count). The first-order valence-electron chi connectivity index (χ1n) is 8.65. The van der Waals surface area contributed by atoms with Crippen LogP contribution in [-0.2, 0) is 6.54 Å². The number of pyridine rings is 1. The molecule has 8 heteroatoms. The lowest BCUT2D eigenvalue weighted by molar-refractivity contribution is 0.614. The van der Waals surface area contributed by atoms with E-state index in [1.54, 1.807) is 6.20 Å². The van der Waals surface area contributed by atoms with E-state index in [2.05, 4.69) is 37.9 Å². The molecule has 1 aliphatic rings. The minimum absolute atomic E-state index is 0. The molecule has 2 aromatic rings. The molecule has 0 radical (unpaired) electrons. The number of hydrogen-bond donors (Lipinski definition) is 2. The van der Waals surface area contributed by atoms with Gasteiger partial charge in [0, 0.05) is 43.5 Å². The number of imidazole rings is 1. The van der Waals surface area contributed by atoms with Gasteiger partial charge in [-0.15, -0.1) is 24.0 Å². The SMILES string of the molecule is CN=C(NCc1ccc(-n2ccnc2C)nc1)NC1CCC(SC)C1.I. The molecule has 2 atom stereocenters. The molecular formula is C18H27IN6S. The molecule has 2 aromatic heterocycles. The van der Waals surface area contributed by atoms with Crippen LogP contribution in [0, 0.1) is 6.92 Å². The van der Waals surface area contributed by atoms with Crippen LogP contribution < -0.4 is 10.6 Å². The fourth-order valence-electron chi connectivity index (χ4n) is 3.14. The Labute approximate surface area is 176 Å². The van der Waals surface area contributed by atoms with E-state index in [1.165, 1.54) is 19.3 Å². The van der Waals surface area contributed by atoms with Crippen molar-refractivity contribution in [1.82, 2.24) is 25.2 Å². The predicted molar refractivity (Wildman–Crippen MR) is 120 cm³/mol. The van der Waals surface area contributed by atoms with Crippen LogP contribution in [0.2, 0.25) is 0 Å². The van der Waals surface area contributed by atoms with Crippen LogP contribution in [-0.4, -0.2) is 45.1 Å². The lowest BCUT2D eigenvalue weighted by Gasteiger charge is -2.17. The number of aromatic nitrogens is 3. The minimum atomic E-state index is 0. The topological polar surface area (TPSA) is 67.1 Å². The van der Waals surface area contributed by atoms with Gasteiger partial charge >= 0.3 is 0 Å². The van der Waals surface area contributed by atoms with E-state index in [-0.39, 0.29) is 24.0 Å². The van der Waals surface area contributed by atoms with Gasteiger partial charge in [0.25, 0.3) is 0 Å². The first kappa shape index (κ1) is 21.0. The molecule has 26 heavy (non-hydrogen) atoms. The lowest BCUT2D eigenvalue weighted by atomic mass is 10.2. The van der Waals surface area contributed by atoms with Gasteiger partial charge in [0.1, 0.15) is 11.6 Å². The van der Waals surface area contributed by atoms with Crippen molar-refractivity contribution in [2.75, 3.05) is 13.3 Å². The zero-order valence-corrected chi connectivity index (χ0v) is 18.6. The fraction of sp³-hybridized carbons (Fsp3) is 0.500. The Balaban J connectivity index is 0.00000243. The maximum atomic E-state index is 4.53. The van der Waals surface area contributed by atoms with E-state index in [0.717, 1.165) is 28.4 Å². The van der Waals surface area contributed by atoms with E-state index < -0.39 is 0 Å². The Morgan fingerprint density at radius 3 is 2.77 bits per heavy atom. The normalized spacial score (nSPS) is 19.9. The van der Waals surface area contributed by atoms with E-state index in [0.29, 0.717) is 12.6 Å². The van der Waals surface area contributed by atoms with E-state index in [1.807, 2.05) is 48.8 Å². The van der Waals surface area contributed by atoms with Gasteiger partial charge in [-0.1, -0.05) is 6.07 Å². The summed E-state index contributed by atoms with van der Waals surface area (Å²) in [6.45, 7) is 2.67. The molecule has 1 aliphatic carbocycles. The molecular weight excluding hydrogens is 459 g/mol. The monoisotopic (exact) mass is 486 g/mol. The highest BCUT2D eigenvalue weighted by Gasteiger charge is 2.24. The highest BCUT2D eigenvalue weighted by atomic mass is 127. The highest BCUT2D eigenvalue weighted by Crippen LogP contribution is 2.28. The van der Waals surface area contributed by atoms with Crippen molar-refractivity contribution in [1.29, 1.82) is 0 Å². The van der Waals surface area contributed by atoms with Gasteiger partial charge in [-0.3, -0.25) is 9.56 Å². The van der Waals surface area contributed by atoms with Crippen molar-refractivity contribution < 1.29 is 0 Å². The maximum absolute atomic E-state index is 4.53. The maximum Gasteiger partial charge on any atom is 0.191 e. The smallest absolute Gasteiger partial charge is 0.191 e. The second-order valence-electron chi connectivity index (χ2n) is 6.31. The zero-order valence-electron chi connectivity index (χ0n) is 15.5. The molecule has 0 saturated heterocycles. The number of halogens is 1. The number of aliphatic imine (C=N–C) groups is 1. The quantitative estimate of drug-likeness (QED) is 0.386. The average Bonchev–Trinajstić information content (AvgIpc) is 3.27. The van der Waals surface area contributed by atoms with Gasteiger partial charge in [-0.2, -0.15) is 11.8 Å². The van der Waals surface area contributed by atoms with Gasteiger partial charge in [-0.05, 0) is 44.1 Å². The predicted octanol–water partition coefficient (Wildman–Crippen LogP) is 3.14.